The summed E-state index contributed by atoms with van der Waals surface area (Å²) in [7, 11) is 0. The maximum atomic E-state index is 13.3. The first-order chi connectivity index (χ1) is 8.69. The molecule has 2 atom stereocenters. The topological polar surface area (TPSA) is 52.9 Å². The minimum absolute atomic E-state index is 0.205. The number of hydrogen-bond acceptors (Lipinski definition) is 3. The Balaban J connectivity index is 2.45. The van der Waals surface area contributed by atoms with Crippen LogP contribution in [0.15, 0.2) is 5.10 Å². The van der Waals surface area contributed by atoms with E-state index in [9.17, 15) is 23.1 Å². The van der Waals surface area contributed by atoms with Crippen LogP contribution in [0.25, 0.3) is 0 Å². The maximum Gasteiger partial charge on any atom is 0.439 e. The van der Waals surface area contributed by atoms with Crippen molar-refractivity contribution in [1.29, 1.82) is 0 Å². The van der Waals surface area contributed by atoms with Crippen LogP contribution in [-0.2, 0) is 4.79 Å². The zero-order valence-corrected chi connectivity index (χ0v) is 10.9. The minimum atomic E-state index is -4.91. The molecule has 1 saturated carbocycles. The summed E-state index contributed by atoms with van der Waals surface area (Å²) in [6.07, 6.45) is -2.95. The van der Waals surface area contributed by atoms with Gasteiger partial charge in [0.05, 0.1) is 5.92 Å². The number of alkyl halides is 3. The van der Waals surface area contributed by atoms with Gasteiger partial charge in [-0.2, -0.15) is 23.3 Å². The van der Waals surface area contributed by atoms with Gasteiger partial charge in [0.2, 0.25) is 5.91 Å². The van der Waals surface area contributed by atoms with Gasteiger partial charge in [0.25, 0.3) is 5.72 Å². The lowest BCUT2D eigenvalue weighted by molar-refractivity contribution is -0.317. The SMILES string of the molecule is CC(C)C(=O)N1N=C2CCCC[C@H]2[C@@]1(O)C(F)(F)F. The first kappa shape index (κ1) is 14.3. The Morgan fingerprint density at radius 2 is 2.11 bits per heavy atom. The van der Waals surface area contributed by atoms with Gasteiger partial charge in [-0.25, -0.2) is 0 Å². The number of halogens is 3. The number of hydrogen-bond donors (Lipinski definition) is 1. The van der Waals surface area contributed by atoms with Gasteiger partial charge in [0, 0.05) is 11.6 Å². The Morgan fingerprint density at radius 3 is 2.63 bits per heavy atom. The first-order valence-electron chi connectivity index (χ1n) is 6.40. The quantitative estimate of drug-likeness (QED) is 0.800. The zero-order valence-electron chi connectivity index (χ0n) is 10.9. The fraction of sp³-hybridized carbons (Fsp3) is 0.833. The summed E-state index contributed by atoms with van der Waals surface area (Å²) < 4.78 is 39.8. The molecule has 1 fully saturated rings. The van der Waals surface area contributed by atoms with Gasteiger partial charge in [-0.15, -0.1) is 0 Å². The lowest BCUT2D eigenvalue weighted by Crippen LogP contribution is -2.62. The molecule has 2 rings (SSSR count). The fourth-order valence-electron chi connectivity index (χ4n) is 2.68. The third-order valence-corrected chi connectivity index (χ3v) is 3.74. The summed E-state index contributed by atoms with van der Waals surface area (Å²) >= 11 is 0. The summed E-state index contributed by atoms with van der Waals surface area (Å²) in [5, 5.41) is 14.2. The molecule has 0 aromatic carbocycles. The average Bonchev–Trinajstić information content (AvgIpc) is 2.63. The van der Waals surface area contributed by atoms with Crippen LogP contribution in [0.5, 0.6) is 0 Å². The van der Waals surface area contributed by atoms with E-state index in [4.69, 9.17) is 0 Å². The predicted octanol–water partition coefficient (Wildman–Crippen LogP) is 2.28. The molecular formula is C12H17F3N2O2. The van der Waals surface area contributed by atoms with Crippen LogP contribution in [0.3, 0.4) is 0 Å². The molecule has 0 unspecified atom stereocenters. The standard InChI is InChI=1S/C12H17F3N2O2/c1-7(2)10(18)17-11(19,12(13,14)15)8-5-3-4-6-9(8)16-17/h7-8,19H,3-6H2,1-2H3/t8-,11-/m1/s1. The van der Waals surface area contributed by atoms with E-state index < -0.39 is 29.6 Å². The van der Waals surface area contributed by atoms with Crippen LogP contribution in [0.2, 0.25) is 0 Å². The van der Waals surface area contributed by atoms with E-state index in [1.54, 1.807) is 0 Å². The van der Waals surface area contributed by atoms with Crippen molar-refractivity contribution in [3.8, 4) is 0 Å². The second-order valence-electron chi connectivity index (χ2n) is 5.42. The molecule has 108 valence electrons. The molecule has 0 aromatic rings. The van der Waals surface area contributed by atoms with E-state index in [0.717, 1.165) is 6.42 Å². The number of carbonyl (C=O) groups excluding carboxylic acids is 1. The lowest BCUT2D eigenvalue weighted by atomic mass is 9.80. The molecule has 0 saturated heterocycles. The van der Waals surface area contributed by atoms with Gasteiger partial charge in [-0.1, -0.05) is 20.3 Å². The molecule has 19 heavy (non-hydrogen) atoms. The number of rotatable bonds is 1. The van der Waals surface area contributed by atoms with Crippen molar-refractivity contribution in [2.24, 2.45) is 16.9 Å². The van der Waals surface area contributed by atoms with Gasteiger partial charge in [0.15, 0.2) is 0 Å². The normalized spacial score (nSPS) is 31.4. The van der Waals surface area contributed by atoms with Crippen molar-refractivity contribution in [1.82, 2.24) is 5.01 Å². The van der Waals surface area contributed by atoms with Crippen LogP contribution < -0.4 is 0 Å². The lowest BCUT2D eigenvalue weighted by Gasteiger charge is -2.38. The zero-order chi connectivity index (χ0) is 14.4. The third-order valence-electron chi connectivity index (χ3n) is 3.74. The average molecular weight is 278 g/mol. The summed E-state index contributed by atoms with van der Waals surface area (Å²) in [5.41, 5.74) is -2.88. The molecule has 0 aromatic heterocycles. The van der Waals surface area contributed by atoms with Crippen LogP contribution in [-0.4, -0.2) is 33.6 Å². The number of fused-ring (bicyclic) bond motifs is 1. The van der Waals surface area contributed by atoms with Crippen molar-refractivity contribution in [3.05, 3.63) is 0 Å². The molecule has 1 heterocycles. The Kier molecular flexibility index (Phi) is 3.36. The number of hydrazone groups is 1. The Bertz CT molecular complexity index is 420. The minimum Gasteiger partial charge on any atom is -0.362 e. The number of aliphatic hydroxyl groups is 1. The largest absolute Gasteiger partial charge is 0.439 e. The first-order valence-corrected chi connectivity index (χ1v) is 6.40. The van der Waals surface area contributed by atoms with E-state index in [1.807, 2.05) is 0 Å². The fourth-order valence-corrected chi connectivity index (χ4v) is 2.68. The second kappa shape index (κ2) is 4.47. The van der Waals surface area contributed by atoms with Crippen molar-refractivity contribution in [2.75, 3.05) is 0 Å². The third kappa shape index (κ3) is 2.04. The number of carbonyl (C=O) groups is 1. The van der Waals surface area contributed by atoms with Gasteiger partial charge < -0.3 is 5.11 Å². The Labute approximate surface area is 109 Å². The summed E-state index contributed by atoms with van der Waals surface area (Å²) in [6, 6.07) is 0. The molecule has 7 heteroatoms. The summed E-state index contributed by atoms with van der Waals surface area (Å²) in [4.78, 5) is 11.9. The van der Waals surface area contributed by atoms with Gasteiger partial charge in [0.1, 0.15) is 0 Å². The van der Waals surface area contributed by atoms with E-state index in [0.29, 0.717) is 18.6 Å². The molecule has 1 N–H and O–H groups in total. The molecule has 4 nitrogen and oxygen atoms in total. The van der Waals surface area contributed by atoms with E-state index in [-0.39, 0.29) is 11.4 Å². The summed E-state index contributed by atoms with van der Waals surface area (Å²) in [5.74, 6) is -2.58. The van der Waals surface area contributed by atoms with Crippen LogP contribution in [0, 0.1) is 11.8 Å². The Morgan fingerprint density at radius 1 is 1.47 bits per heavy atom. The molecule has 2 aliphatic rings. The Hall–Kier alpha value is -1.11. The molecule has 0 radical (unpaired) electrons. The maximum absolute atomic E-state index is 13.3. The highest BCUT2D eigenvalue weighted by molar-refractivity contribution is 5.93. The molecule has 0 bridgehead atoms. The number of amides is 1. The molecule has 0 spiro atoms. The molecule has 1 aliphatic heterocycles. The molecule has 1 aliphatic carbocycles. The van der Waals surface area contributed by atoms with Crippen molar-refractivity contribution < 1.29 is 23.1 Å². The van der Waals surface area contributed by atoms with Gasteiger partial charge in [-0.05, 0) is 19.3 Å². The molecule has 1 amide bonds. The van der Waals surface area contributed by atoms with Gasteiger partial charge >= 0.3 is 6.18 Å². The van der Waals surface area contributed by atoms with Gasteiger partial charge in [-0.3, -0.25) is 4.79 Å². The highest BCUT2D eigenvalue weighted by Crippen LogP contribution is 2.48. The van der Waals surface area contributed by atoms with Crippen molar-refractivity contribution >= 4 is 11.6 Å². The van der Waals surface area contributed by atoms with E-state index >= 15 is 0 Å². The van der Waals surface area contributed by atoms with Crippen LogP contribution >= 0.6 is 0 Å². The highest BCUT2D eigenvalue weighted by atomic mass is 19.4. The smallest absolute Gasteiger partial charge is 0.362 e. The monoisotopic (exact) mass is 278 g/mol. The predicted molar refractivity (Wildman–Crippen MR) is 62.1 cm³/mol. The molecular weight excluding hydrogens is 261 g/mol. The number of nitrogens with zero attached hydrogens (tertiary/aromatic N) is 2. The highest BCUT2D eigenvalue weighted by Gasteiger charge is 2.68. The van der Waals surface area contributed by atoms with Crippen molar-refractivity contribution in [2.45, 2.75) is 51.4 Å². The van der Waals surface area contributed by atoms with Crippen LogP contribution in [0.1, 0.15) is 39.5 Å². The van der Waals surface area contributed by atoms with E-state index in [2.05, 4.69) is 5.10 Å². The van der Waals surface area contributed by atoms with Crippen LogP contribution in [0.4, 0.5) is 13.2 Å². The van der Waals surface area contributed by atoms with E-state index in [1.165, 1.54) is 13.8 Å². The second-order valence-corrected chi connectivity index (χ2v) is 5.42. The van der Waals surface area contributed by atoms with Crippen molar-refractivity contribution in [3.63, 3.8) is 0 Å². The summed E-state index contributed by atoms with van der Waals surface area (Å²) in [6.45, 7) is 2.97.